The second kappa shape index (κ2) is 9.16. The van der Waals surface area contributed by atoms with Gasteiger partial charge in [0.2, 0.25) is 0 Å². The zero-order valence-electron chi connectivity index (χ0n) is 14.5. The zero-order chi connectivity index (χ0) is 19.1. The van der Waals surface area contributed by atoms with Gasteiger partial charge in [0.25, 0.3) is 5.91 Å². The van der Waals surface area contributed by atoms with Gasteiger partial charge in [-0.1, -0.05) is 41.1 Å². The van der Waals surface area contributed by atoms with Crippen molar-refractivity contribution in [2.75, 3.05) is 11.9 Å². The number of thiazole rings is 1. The molecule has 0 saturated heterocycles. The fraction of sp³-hybridized carbons (Fsp3) is 0.105. The molecule has 0 atom stereocenters. The molecule has 3 aromatic rings. The van der Waals surface area contributed by atoms with Crippen molar-refractivity contribution in [2.24, 2.45) is 5.10 Å². The lowest BCUT2D eigenvalue weighted by Gasteiger charge is -2.03. The van der Waals surface area contributed by atoms with Crippen molar-refractivity contribution >= 4 is 45.9 Å². The summed E-state index contributed by atoms with van der Waals surface area (Å²) >= 11 is 7.47. The molecule has 2 N–H and O–H groups in total. The third kappa shape index (κ3) is 5.29. The number of anilines is 2. The molecule has 6 nitrogen and oxygen atoms in total. The number of nitrogens with one attached hydrogen (secondary N) is 2. The van der Waals surface area contributed by atoms with E-state index >= 15 is 0 Å². The van der Waals surface area contributed by atoms with Crippen LogP contribution in [0.25, 0.3) is 0 Å². The van der Waals surface area contributed by atoms with Crippen LogP contribution in [0.3, 0.4) is 0 Å². The van der Waals surface area contributed by atoms with Crippen molar-refractivity contribution in [1.29, 1.82) is 0 Å². The predicted molar refractivity (Wildman–Crippen MR) is 110 cm³/mol. The number of hydrazone groups is 1. The molecule has 1 amide bonds. The monoisotopic (exact) mass is 400 g/mol. The fourth-order valence-electron chi connectivity index (χ4n) is 2.17. The number of rotatable bonds is 7. The van der Waals surface area contributed by atoms with Crippen molar-refractivity contribution in [3.8, 4) is 5.75 Å². The van der Waals surface area contributed by atoms with Crippen LogP contribution < -0.4 is 15.5 Å². The van der Waals surface area contributed by atoms with Crippen LogP contribution in [0.2, 0.25) is 5.15 Å². The number of hydrogen-bond acceptors (Lipinski definition) is 6. The molecule has 0 unspecified atom stereocenters. The number of hydrogen-bond donors (Lipinski definition) is 2. The average molecular weight is 401 g/mol. The van der Waals surface area contributed by atoms with E-state index in [9.17, 15) is 4.79 Å². The van der Waals surface area contributed by atoms with Crippen molar-refractivity contribution < 1.29 is 9.53 Å². The van der Waals surface area contributed by atoms with E-state index in [0.717, 1.165) is 5.69 Å². The molecule has 0 radical (unpaired) electrons. The predicted octanol–water partition coefficient (Wildman–Crippen LogP) is 4.70. The molecule has 27 heavy (non-hydrogen) atoms. The minimum Gasteiger partial charge on any atom is -0.494 e. The number of nitrogens with zero attached hydrogens (tertiary/aromatic N) is 2. The third-order valence-corrected chi connectivity index (χ3v) is 4.72. The van der Waals surface area contributed by atoms with E-state index in [-0.39, 0.29) is 5.91 Å². The highest BCUT2D eigenvalue weighted by Gasteiger charge is 2.08. The Hall–Kier alpha value is -2.90. The first kappa shape index (κ1) is 18.9. The van der Waals surface area contributed by atoms with Gasteiger partial charge in [0.15, 0.2) is 10.3 Å². The highest BCUT2D eigenvalue weighted by Crippen LogP contribution is 2.27. The van der Waals surface area contributed by atoms with Gasteiger partial charge in [-0.25, -0.2) is 10.4 Å². The summed E-state index contributed by atoms with van der Waals surface area (Å²) in [5, 5.41) is 8.09. The molecule has 0 aliphatic heterocycles. The number of aromatic nitrogens is 1. The summed E-state index contributed by atoms with van der Waals surface area (Å²) in [4.78, 5) is 17.0. The smallest absolute Gasteiger partial charge is 0.271 e. The Morgan fingerprint density at radius 3 is 2.67 bits per heavy atom. The van der Waals surface area contributed by atoms with Crippen molar-refractivity contribution in [1.82, 2.24) is 10.4 Å². The van der Waals surface area contributed by atoms with E-state index < -0.39 is 0 Å². The Bertz CT molecular complexity index is 927. The molecule has 0 saturated carbocycles. The second-order valence-electron chi connectivity index (χ2n) is 5.32. The minimum absolute atomic E-state index is 0.317. The van der Waals surface area contributed by atoms with Crippen LogP contribution in [0.4, 0.5) is 10.8 Å². The Morgan fingerprint density at radius 1 is 1.22 bits per heavy atom. The molecule has 8 heteroatoms. The van der Waals surface area contributed by atoms with E-state index in [1.54, 1.807) is 24.3 Å². The van der Waals surface area contributed by atoms with E-state index in [0.29, 0.717) is 33.1 Å². The van der Waals surface area contributed by atoms with Crippen molar-refractivity contribution in [3.05, 3.63) is 70.2 Å². The summed E-state index contributed by atoms with van der Waals surface area (Å²) in [7, 11) is 0. The van der Waals surface area contributed by atoms with Gasteiger partial charge in [0.05, 0.1) is 17.7 Å². The highest BCUT2D eigenvalue weighted by molar-refractivity contribution is 7.17. The lowest BCUT2D eigenvalue weighted by atomic mass is 10.2. The minimum atomic E-state index is -0.322. The van der Waals surface area contributed by atoms with Gasteiger partial charge >= 0.3 is 0 Å². The lowest BCUT2D eigenvalue weighted by Crippen LogP contribution is -2.17. The van der Waals surface area contributed by atoms with Gasteiger partial charge in [-0.05, 0) is 43.3 Å². The van der Waals surface area contributed by atoms with E-state index in [2.05, 4.69) is 20.8 Å². The molecule has 138 valence electrons. The molecule has 1 aromatic heterocycles. The number of carbonyl (C=O) groups is 1. The van der Waals surface area contributed by atoms with Crippen LogP contribution in [-0.2, 0) is 0 Å². The molecule has 2 aromatic carbocycles. The molecule has 1 heterocycles. The Balaban J connectivity index is 1.60. The van der Waals surface area contributed by atoms with Crippen LogP contribution >= 0.6 is 22.9 Å². The Labute approximate surface area is 165 Å². The van der Waals surface area contributed by atoms with E-state index in [1.807, 2.05) is 37.3 Å². The van der Waals surface area contributed by atoms with Crippen molar-refractivity contribution in [2.45, 2.75) is 6.92 Å². The quantitative estimate of drug-likeness (QED) is 0.445. The summed E-state index contributed by atoms with van der Waals surface area (Å²) < 4.78 is 5.35. The van der Waals surface area contributed by atoms with Crippen LogP contribution in [0.15, 0.2) is 59.7 Å². The van der Waals surface area contributed by atoms with Gasteiger partial charge in [-0.3, -0.25) is 4.79 Å². The first-order chi connectivity index (χ1) is 13.2. The van der Waals surface area contributed by atoms with Crippen molar-refractivity contribution in [3.63, 3.8) is 0 Å². The summed E-state index contributed by atoms with van der Waals surface area (Å²) in [5.74, 6) is 0.394. The van der Waals surface area contributed by atoms with Gasteiger partial charge in [0, 0.05) is 11.3 Å². The number of amides is 1. The molecular formula is C19H17ClN4O2S. The molecule has 0 aliphatic rings. The van der Waals surface area contributed by atoms with Crippen LogP contribution in [0.5, 0.6) is 5.75 Å². The van der Waals surface area contributed by atoms with E-state index in [4.69, 9.17) is 16.3 Å². The maximum Gasteiger partial charge on any atom is 0.271 e. The first-order valence-corrected chi connectivity index (χ1v) is 9.40. The normalized spacial score (nSPS) is 10.7. The topological polar surface area (TPSA) is 75.6 Å². The number of para-hydroxylation sites is 1. The molecule has 3 rings (SSSR count). The fourth-order valence-corrected chi connectivity index (χ4v) is 3.22. The zero-order valence-corrected chi connectivity index (χ0v) is 16.1. The van der Waals surface area contributed by atoms with Gasteiger partial charge < -0.3 is 10.1 Å². The summed E-state index contributed by atoms with van der Waals surface area (Å²) in [6.07, 6.45) is 1.47. The maximum atomic E-state index is 12.1. The SMILES string of the molecule is CCOc1ccc(C(=O)N/N=C/c2sc(Nc3ccccc3)nc2Cl)cc1. The summed E-state index contributed by atoms with van der Waals surface area (Å²) in [5.41, 5.74) is 3.87. The Kier molecular flexibility index (Phi) is 6.40. The average Bonchev–Trinajstić information content (AvgIpc) is 3.02. The third-order valence-electron chi connectivity index (χ3n) is 3.41. The van der Waals surface area contributed by atoms with Crippen LogP contribution in [0.1, 0.15) is 22.2 Å². The number of halogens is 1. The van der Waals surface area contributed by atoms with Crippen LogP contribution in [0, 0.1) is 0 Å². The van der Waals surface area contributed by atoms with Gasteiger partial charge in [-0.2, -0.15) is 5.10 Å². The maximum absolute atomic E-state index is 12.1. The van der Waals surface area contributed by atoms with Gasteiger partial charge in [-0.15, -0.1) is 0 Å². The largest absolute Gasteiger partial charge is 0.494 e. The molecule has 0 fully saturated rings. The molecule has 0 spiro atoms. The van der Waals surface area contributed by atoms with E-state index in [1.165, 1.54) is 17.6 Å². The molecular weight excluding hydrogens is 384 g/mol. The summed E-state index contributed by atoms with van der Waals surface area (Å²) in [6.45, 7) is 2.48. The Morgan fingerprint density at radius 2 is 1.96 bits per heavy atom. The number of carbonyl (C=O) groups excluding carboxylic acids is 1. The molecule has 0 aliphatic carbocycles. The number of benzene rings is 2. The van der Waals surface area contributed by atoms with Crippen LogP contribution in [-0.4, -0.2) is 23.7 Å². The molecule has 0 bridgehead atoms. The second-order valence-corrected chi connectivity index (χ2v) is 6.71. The number of ether oxygens (including phenoxy) is 1. The summed E-state index contributed by atoms with van der Waals surface area (Å²) in [6, 6.07) is 16.5. The standard InChI is InChI=1S/C19H17ClN4O2S/c1-2-26-15-10-8-13(9-11-15)18(25)24-21-12-16-17(20)23-19(27-16)22-14-6-4-3-5-7-14/h3-12H,2H2,1H3,(H,22,23)(H,24,25)/b21-12+. The first-order valence-electron chi connectivity index (χ1n) is 8.20. The lowest BCUT2D eigenvalue weighted by molar-refractivity contribution is 0.0955. The highest BCUT2D eigenvalue weighted by atomic mass is 35.5. The van der Waals surface area contributed by atoms with Gasteiger partial charge in [0.1, 0.15) is 5.75 Å².